The molecule has 0 spiro atoms. The molecular weight excluding hydrogens is 260 g/mol. The van der Waals surface area contributed by atoms with Crippen molar-refractivity contribution >= 4 is 0 Å². The van der Waals surface area contributed by atoms with Crippen molar-refractivity contribution in [3.8, 4) is 0 Å². The minimum Gasteiger partial charge on any atom is -0.356 e. The van der Waals surface area contributed by atoms with E-state index < -0.39 is 20.4 Å². The van der Waals surface area contributed by atoms with Gasteiger partial charge in [-0.2, -0.15) is 14.0 Å². The van der Waals surface area contributed by atoms with Crippen LogP contribution in [0.25, 0.3) is 0 Å². The van der Waals surface area contributed by atoms with Crippen molar-refractivity contribution in [3.63, 3.8) is 0 Å². The summed E-state index contributed by atoms with van der Waals surface area (Å²) in [5.41, 5.74) is 0. The Morgan fingerprint density at radius 1 is 1.00 bits per heavy atom. The number of hydrogen-bond donors (Lipinski definition) is 3. The Labute approximate surface area is 105 Å². The second kappa shape index (κ2) is 15.9. The van der Waals surface area contributed by atoms with E-state index in [4.69, 9.17) is 49.3 Å². The molecule has 13 nitrogen and oxygen atoms in total. The maximum atomic E-state index is 8.60. The molecule has 15 heteroatoms. The van der Waals surface area contributed by atoms with Crippen LogP contribution in [0.5, 0.6) is 0 Å². The summed E-state index contributed by atoms with van der Waals surface area (Å²) < 4.78 is 32.7. The van der Waals surface area contributed by atoms with E-state index in [1.165, 1.54) is 0 Å². The summed E-state index contributed by atoms with van der Waals surface area (Å²) in [6.07, 6.45) is 0. The van der Waals surface area contributed by atoms with Gasteiger partial charge in [-0.3, -0.25) is 0 Å². The molecule has 0 fully saturated rings. The summed E-state index contributed by atoms with van der Waals surface area (Å²) in [5.74, 6) is 0. The van der Waals surface area contributed by atoms with E-state index in [2.05, 4.69) is 0 Å². The zero-order chi connectivity index (χ0) is 11.7. The third kappa shape index (κ3) is 6850. The van der Waals surface area contributed by atoms with Crippen LogP contribution in [0.15, 0.2) is 0 Å². The molecule has 0 radical (unpaired) electrons. The standard InChI is InChI=1S/ClHO4.HNO3.NO3.H3N.Na/c2-1(3,4)5;2*2-1(3)4;;/h(H,2,3,4,5);(H,2,3,4);;1H3;/q;;-1;;+1. The first-order chi connectivity index (χ1) is 5.46. The first-order valence-electron chi connectivity index (χ1n) is 1.74. The Bertz CT molecular complexity index is 127. The van der Waals surface area contributed by atoms with Gasteiger partial charge in [0.25, 0.3) is 5.09 Å². The smallest absolute Gasteiger partial charge is 0.356 e. The molecule has 15 heavy (non-hydrogen) atoms. The maximum absolute atomic E-state index is 8.60. The average molecular weight is 265 g/mol. The van der Waals surface area contributed by atoms with Crippen LogP contribution in [0.2, 0.25) is 0 Å². The Morgan fingerprint density at radius 2 is 1.00 bits per heavy atom. The molecular formula is H5ClN3NaO10. The number of hydrogen-bond acceptors (Lipinski definition) is 10. The summed E-state index contributed by atoms with van der Waals surface area (Å²) in [6.45, 7) is 0. The average Bonchev–Trinajstić information content (AvgIpc) is 1.50. The van der Waals surface area contributed by atoms with Crippen LogP contribution in [0.1, 0.15) is 0 Å². The fourth-order valence-corrected chi connectivity index (χ4v) is 0. The minimum absolute atomic E-state index is 0. The van der Waals surface area contributed by atoms with E-state index in [1.807, 2.05) is 0 Å². The van der Waals surface area contributed by atoms with Crippen molar-refractivity contribution in [2.45, 2.75) is 0 Å². The van der Waals surface area contributed by atoms with Crippen LogP contribution in [-0.2, 0) is 0 Å². The molecule has 0 unspecified atom stereocenters. The van der Waals surface area contributed by atoms with Crippen LogP contribution in [0, 0.1) is 35.7 Å². The van der Waals surface area contributed by atoms with Crippen molar-refractivity contribution in [1.29, 1.82) is 0 Å². The molecule has 0 heterocycles. The summed E-state index contributed by atoms with van der Waals surface area (Å²) in [6, 6.07) is 0. The van der Waals surface area contributed by atoms with Gasteiger partial charge < -0.3 is 26.7 Å². The first kappa shape index (κ1) is 29.3. The molecule has 5 N–H and O–H groups in total. The van der Waals surface area contributed by atoms with Gasteiger partial charge in [0.15, 0.2) is 0 Å². The van der Waals surface area contributed by atoms with Gasteiger partial charge in [-0.25, -0.2) is 0 Å². The van der Waals surface area contributed by atoms with E-state index in [0.29, 0.717) is 0 Å². The zero-order valence-corrected chi connectivity index (χ0v) is 9.90. The monoisotopic (exact) mass is 265 g/mol. The summed E-state index contributed by atoms with van der Waals surface area (Å²) >= 11 is 0. The van der Waals surface area contributed by atoms with Crippen molar-refractivity contribution in [1.82, 2.24) is 6.15 Å². The van der Waals surface area contributed by atoms with Gasteiger partial charge in [0.2, 0.25) is 0 Å². The summed E-state index contributed by atoms with van der Waals surface area (Å²) in [5, 5.41) is 28.4. The van der Waals surface area contributed by atoms with Gasteiger partial charge in [0.05, 0.1) is 20.0 Å². The fourth-order valence-electron chi connectivity index (χ4n) is 0. The molecule has 0 bridgehead atoms. The van der Waals surface area contributed by atoms with Gasteiger partial charge in [-0.15, -0.1) is 10.1 Å². The quantitative estimate of drug-likeness (QED) is 0.210. The second-order valence-corrected chi connectivity index (χ2v) is 1.65. The van der Waals surface area contributed by atoms with Gasteiger partial charge in [-0.05, 0) is 0 Å². The van der Waals surface area contributed by atoms with Gasteiger partial charge in [0.1, 0.15) is 0 Å². The Morgan fingerprint density at radius 3 is 1.00 bits per heavy atom. The molecule has 0 aromatic rings. The van der Waals surface area contributed by atoms with Crippen molar-refractivity contribution in [3.05, 3.63) is 25.4 Å². The molecule has 0 aromatic heterocycles. The molecule has 0 aromatic carbocycles. The SMILES string of the molecule is N.O=[N+]([O-])O.O=[N+]([O-])[O-].[Na+].[O-][Cl+3]([O-])([O-])O. The van der Waals surface area contributed by atoms with E-state index >= 15 is 0 Å². The van der Waals surface area contributed by atoms with Crippen molar-refractivity contribution in [2.75, 3.05) is 0 Å². The molecule has 0 aliphatic rings. The van der Waals surface area contributed by atoms with E-state index in [-0.39, 0.29) is 35.7 Å². The molecule has 0 aliphatic heterocycles. The second-order valence-electron chi connectivity index (χ2n) is 0.857. The first-order valence-corrected chi connectivity index (χ1v) is 3.01. The zero-order valence-electron chi connectivity index (χ0n) is 7.14. The van der Waals surface area contributed by atoms with Crippen LogP contribution >= 0.6 is 0 Å². The molecule has 0 atom stereocenters. The number of rotatable bonds is 0. The van der Waals surface area contributed by atoms with Gasteiger partial charge >= 0.3 is 29.6 Å². The summed E-state index contributed by atoms with van der Waals surface area (Å²) in [7, 11) is -4.69. The molecule has 0 rings (SSSR count). The van der Waals surface area contributed by atoms with E-state index in [9.17, 15) is 0 Å². The van der Waals surface area contributed by atoms with E-state index in [1.54, 1.807) is 0 Å². The van der Waals surface area contributed by atoms with Crippen molar-refractivity contribution < 1.29 is 73.8 Å². The van der Waals surface area contributed by atoms with E-state index in [0.717, 1.165) is 0 Å². The predicted octanol–water partition coefficient (Wildman–Crippen LogP) is -7.54. The Hall–Kier alpha value is -0.510. The topological polar surface area (TPSA) is 254 Å². The predicted molar refractivity (Wildman–Crippen MR) is 26.4 cm³/mol. The van der Waals surface area contributed by atoms with Crippen LogP contribution in [0.3, 0.4) is 0 Å². The maximum Gasteiger partial charge on any atom is 1.00 e. The minimum atomic E-state index is -4.69. The van der Waals surface area contributed by atoms with Crippen molar-refractivity contribution in [2.24, 2.45) is 0 Å². The molecule has 88 valence electrons. The molecule has 0 saturated carbocycles. The third-order valence-corrected chi connectivity index (χ3v) is 0. The largest absolute Gasteiger partial charge is 1.00 e. The van der Waals surface area contributed by atoms with Gasteiger partial charge in [-0.1, -0.05) is 0 Å². The molecule has 0 saturated heterocycles. The molecule has 0 amide bonds. The normalized spacial score (nSPS) is 7.20. The Balaban J connectivity index is -0.0000000315. The third-order valence-electron chi connectivity index (χ3n) is 0. The number of nitrogens with zero attached hydrogens (tertiary/aromatic N) is 2. The van der Waals surface area contributed by atoms with Gasteiger partial charge in [0, 0.05) is 0 Å². The molecule has 0 aliphatic carbocycles. The number of halogens is 1. The summed E-state index contributed by atoms with van der Waals surface area (Å²) in [4.78, 5) is 16.6. The Kier molecular flexibility index (Phi) is 31.1. The van der Waals surface area contributed by atoms with Crippen LogP contribution in [0.4, 0.5) is 0 Å². The fraction of sp³-hybridized carbons (Fsp3) is 0. The van der Waals surface area contributed by atoms with Crippen LogP contribution < -0.4 is 49.7 Å². The van der Waals surface area contributed by atoms with Crippen LogP contribution in [-0.4, -0.2) is 20.0 Å².